The van der Waals surface area contributed by atoms with E-state index in [1.807, 2.05) is 35.2 Å². The Morgan fingerprint density at radius 1 is 1.06 bits per heavy atom. The Labute approximate surface area is 191 Å². The van der Waals surface area contributed by atoms with Gasteiger partial charge < -0.3 is 9.64 Å². The number of anilines is 1. The molecule has 1 unspecified atom stereocenters. The predicted molar refractivity (Wildman–Crippen MR) is 120 cm³/mol. The molecule has 1 saturated heterocycles. The second-order valence-electron chi connectivity index (χ2n) is 7.39. The third kappa shape index (κ3) is 5.52. The first kappa shape index (κ1) is 22.8. The van der Waals surface area contributed by atoms with Gasteiger partial charge in [-0.3, -0.25) is 10.0 Å². The van der Waals surface area contributed by atoms with Gasteiger partial charge in [-0.05, 0) is 23.3 Å². The van der Waals surface area contributed by atoms with Crippen molar-refractivity contribution < 1.29 is 23.2 Å². The number of ether oxygens (including phenoxy) is 1. The van der Waals surface area contributed by atoms with Crippen molar-refractivity contribution in [2.45, 2.75) is 11.0 Å². The molecule has 10 nitrogen and oxygen atoms in total. The van der Waals surface area contributed by atoms with Gasteiger partial charge in [0.1, 0.15) is 0 Å². The van der Waals surface area contributed by atoms with Crippen LogP contribution in [0, 0.1) is 0 Å². The number of carbonyl (C=O) groups excluding carboxylic acids is 1. The fourth-order valence-corrected chi connectivity index (χ4v) is 4.50. The number of morpholine rings is 1. The minimum absolute atomic E-state index is 0.0876. The maximum absolute atomic E-state index is 12.7. The molecule has 33 heavy (non-hydrogen) atoms. The third-order valence-corrected chi connectivity index (χ3v) is 6.64. The van der Waals surface area contributed by atoms with Gasteiger partial charge in [-0.15, -0.1) is 0 Å². The monoisotopic (exact) mass is 469 g/mol. The lowest BCUT2D eigenvalue weighted by molar-refractivity contribution is 0.0436. The second-order valence-corrected chi connectivity index (χ2v) is 9.16. The van der Waals surface area contributed by atoms with Gasteiger partial charge in [0, 0.05) is 32.0 Å². The van der Waals surface area contributed by atoms with Gasteiger partial charge in [-0.25, -0.2) is 28.6 Å². The number of aromatic nitrogens is 2. The molecule has 3 N–H and O–H groups in total. The molecule has 0 radical (unpaired) electrons. The molecular weight excluding hydrogens is 446 g/mol. The average Bonchev–Trinajstić information content (AvgIpc) is 2.88. The minimum atomic E-state index is -3.71. The highest BCUT2D eigenvalue weighted by Gasteiger charge is 2.25. The normalized spacial score (nSPS) is 16.4. The van der Waals surface area contributed by atoms with Crippen molar-refractivity contribution in [2.24, 2.45) is 0 Å². The fourth-order valence-electron chi connectivity index (χ4n) is 3.43. The summed E-state index contributed by atoms with van der Waals surface area (Å²) in [6.07, 6.45) is 2.21. The van der Waals surface area contributed by atoms with Gasteiger partial charge in [-0.2, -0.15) is 0 Å². The summed E-state index contributed by atoms with van der Waals surface area (Å²) in [5, 5.41) is 8.68. The lowest BCUT2D eigenvalue weighted by Crippen LogP contribution is -2.48. The average molecular weight is 470 g/mol. The van der Waals surface area contributed by atoms with Gasteiger partial charge >= 0.3 is 0 Å². The maximum atomic E-state index is 12.7. The number of amides is 1. The van der Waals surface area contributed by atoms with Crippen LogP contribution in [0.1, 0.15) is 10.4 Å². The molecule has 0 aliphatic carbocycles. The summed E-state index contributed by atoms with van der Waals surface area (Å²) in [5.41, 5.74) is 3.59. The summed E-state index contributed by atoms with van der Waals surface area (Å²) in [6, 6.07) is 16.4. The summed E-state index contributed by atoms with van der Waals surface area (Å²) in [5.74, 6) is -0.315. The van der Waals surface area contributed by atoms with Crippen molar-refractivity contribution in [1.29, 1.82) is 0 Å². The zero-order valence-corrected chi connectivity index (χ0v) is 18.4. The molecule has 2 aromatic carbocycles. The quantitative estimate of drug-likeness (QED) is 0.350. The molecule has 172 valence electrons. The van der Waals surface area contributed by atoms with Crippen LogP contribution in [0.3, 0.4) is 0 Å². The largest absolute Gasteiger partial charge is 0.373 e. The predicted octanol–water partition coefficient (Wildman–Crippen LogP) is 1.45. The molecule has 0 bridgehead atoms. The van der Waals surface area contributed by atoms with Crippen molar-refractivity contribution in [3.63, 3.8) is 0 Å². The molecule has 1 aromatic heterocycles. The Bertz CT molecular complexity index is 1190. The molecule has 11 heteroatoms. The van der Waals surface area contributed by atoms with Crippen molar-refractivity contribution in [3.8, 4) is 11.1 Å². The van der Waals surface area contributed by atoms with Crippen LogP contribution >= 0.6 is 0 Å². The van der Waals surface area contributed by atoms with Gasteiger partial charge in [0.2, 0.25) is 16.0 Å². The highest BCUT2D eigenvalue weighted by Crippen LogP contribution is 2.21. The summed E-state index contributed by atoms with van der Waals surface area (Å²) >= 11 is 0. The minimum Gasteiger partial charge on any atom is -0.373 e. The van der Waals surface area contributed by atoms with E-state index in [0.717, 1.165) is 11.1 Å². The standard InChI is InChI=1S/C22H23N5O5S/c28-21(26-29)18-12-23-22(24-13-18)27-10-11-32-19(15-27)14-25-33(30,31)20-8-6-17(7-9-20)16-4-2-1-3-5-16/h1-9,12-13,19,25,29H,10-11,14-15H2,(H,26,28). The van der Waals surface area contributed by atoms with E-state index in [4.69, 9.17) is 9.94 Å². The number of sulfonamides is 1. The summed E-state index contributed by atoms with van der Waals surface area (Å²) < 4.78 is 33.8. The highest BCUT2D eigenvalue weighted by molar-refractivity contribution is 7.89. The smallest absolute Gasteiger partial charge is 0.277 e. The Balaban J connectivity index is 1.36. The highest BCUT2D eigenvalue weighted by atomic mass is 32.2. The van der Waals surface area contributed by atoms with Crippen LogP contribution in [-0.2, 0) is 14.8 Å². The first-order valence-corrected chi connectivity index (χ1v) is 11.7. The molecule has 1 amide bonds. The molecule has 1 atom stereocenters. The molecular formula is C22H23N5O5S. The summed E-state index contributed by atoms with van der Waals surface area (Å²) in [4.78, 5) is 21.7. The van der Waals surface area contributed by atoms with E-state index in [9.17, 15) is 13.2 Å². The SMILES string of the molecule is O=C(NO)c1cnc(N2CCOC(CNS(=O)(=O)c3ccc(-c4ccccc4)cc3)C2)nc1. The van der Waals surface area contributed by atoms with Crippen LogP contribution in [-0.4, -0.2) is 61.8 Å². The Hall–Kier alpha value is -3.38. The topological polar surface area (TPSA) is 134 Å². The number of hydrogen-bond acceptors (Lipinski definition) is 8. The molecule has 0 spiro atoms. The van der Waals surface area contributed by atoms with E-state index >= 15 is 0 Å². The zero-order valence-electron chi connectivity index (χ0n) is 17.6. The number of carbonyl (C=O) groups is 1. The van der Waals surface area contributed by atoms with E-state index in [-0.39, 0.29) is 17.0 Å². The van der Waals surface area contributed by atoms with Gasteiger partial charge in [-0.1, -0.05) is 42.5 Å². The van der Waals surface area contributed by atoms with E-state index < -0.39 is 22.0 Å². The van der Waals surface area contributed by atoms with Crippen LogP contribution in [0.2, 0.25) is 0 Å². The lowest BCUT2D eigenvalue weighted by atomic mass is 10.1. The number of nitrogens with one attached hydrogen (secondary N) is 2. The van der Waals surface area contributed by atoms with Crippen molar-refractivity contribution in [2.75, 3.05) is 31.1 Å². The van der Waals surface area contributed by atoms with Crippen LogP contribution in [0.4, 0.5) is 5.95 Å². The summed E-state index contributed by atoms with van der Waals surface area (Å²) in [6.45, 7) is 1.36. The van der Waals surface area contributed by atoms with Crippen molar-refractivity contribution in [1.82, 2.24) is 20.2 Å². The fraction of sp³-hybridized carbons (Fsp3) is 0.227. The second kappa shape index (κ2) is 10.0. The molecule has 1 aliphatic rings. The Kier molecular flexibility index (Phi) is 6.94. The van der Waals surface area contributed by atoms with Crippen LogP contribution in [0.25, 0.3) is 11.1 Å². The van der Waals surface area contributed by atoms with Crippen LogP contribution in [0.15, 0.2) is 71.9 Å². The molecule has 0 saturated carbocycles. The number of benzene rings is 2. The van der Waals surface area contributed by atoms with Crippen molar-refractivity contribution >= 4 is 21.9 Å². The van der Waals surface area contributed by atoms with Crippen LogP contribution in [0.5, 0.6) is 0 Å². The number of hydrogen-bond donors (Lipinski definition) is 3. The van der Waals surface area contributed by atoms with Gasteiger partial charge in [0.05, 0.1) is 23.2 Å². The zero-order chi connectivity index (χ0) is 23.3. The molecule has 1 fully saturated rings. The van der Waals surface area contributed by atoms with E-state index in [1.165, 1.54) is 17.9 Å². The molecule has 4 rings (SSSR count). The van der Waals surface area contributed by atoms with E-state index in [2.05, 4.69) is 14.7 Å². The number of hydroxylamine groups is 1. The van der Waals surface area contributed by atoms with Crippen molar-refractivity contribution in [3.05, 3.63) is 72.6 Å². The van der Waals surface area contributed by atoms with Gasteiger partial charge in [0.15, 0.2) is 0 Å². The third-order valence-electron chi connectivity index (χ3n) is 5.20. The van der Waals surface area contributed by atoms with Gasteiger partial charge in [0.25, 0.3) is 5.91 Å². The number of rotatable bonds is 7. The summed E-state index contributed by atoms with van der Waals surface area (Å²) in [7, 11) is -3.71. The van der Waals surface area contributed by atoms with E-state index in [1.54, 1.807) is 24.3 Å². The molecule has 1 aliphatic heterocycles. The van der Waals surface area contributed by atoms with E-state index in [0.29, 0.717) is 25.6 Å². The first-order valence-electron chi connectivity index (χ1n) is 10.2. The first-order chi connectivity index (χ1) is 16.0. The van der Waals surface area contributed by atoms with Crippen LogP contribution < -0.4 is 15.1 Å². The number of nitrogens with zero attached hydrogens (tertiary/aromatic N) is 3. The Morgan fingerprint density at radius 3 is 2.39 bits per heavy atom. The molecule has 3 aromatic rings. The Morgan fingerprint density at radius 2 is 1.73 bits per heavy atom. The lowest BCUT2D eigenvalue weighted by Gasteiger charge is -2.33. The maximum Gasteiger partial charge on any atom is 0.277 e. The molecule has 2 heterocycles.